The van der Waals surface area contributed by atoms with Crippen LogP contribution in [0, 0.1) is 6.92 Å². The van der Waals surface area contributed by atoms with Crippen molar-refractivity contribution in [3.05, 3.63) is 32.2 Å². The second kappa shape index (κ2) is 5.89. The Kier molecular flexibility index (Phi) is 5.13. The molecule has 3 heteroatoms. The van der Waals surface area contributed by atoms with Crippen LogP contribution in [-0.2, 0) is 6.42 Å². The van der Waals surface area contributed by atoms with E-state index in [0.29, 0.717) is 0 Å². The highest BCUT2D eigenvalue weighted by molar-refractivity contribution is 9.11. The fraction of sp³-hybridized carbons (Fsp3) is 0.455. The lowest BCUT2D eigenvalue weighted by molar-refractivity contribution is 0.743. The van der Waals surface area contributed by atoms with Crippen LogP contribution >= 0.6 is 31.9 Å². The van der Waals surface area contributed by atoms with E-state index >= 15 is 0 Å². The van der Waals surface area contributed by atoms with Gasteiger partial charge in [0.1, 0.15) is 0 Å². The van der Waals surface area contributed by atoms with Crippen LogP contribution in [0.5, 0.6) is 0 Å². The topological polar surface area (TPSA) is 26.0 Å². The number of rotatable bonds is 4. The molecule has 0 saturated carbocycles. The molecule has 0 heterocycles. The van der Waals surface area contributed by atoms with Gasteiger partial charge in [0.15, 0.2) is 0 Å². The molecule has 0 radical (unpaired) electrons. The number of nitrogens with two attached hydrogens (primary N) is 1. The molecule has 1 aromatic carbocycles. The van der Waals surface area contributed by atoms with Gasteiger partial charge in [-0.1, -0.05) is 31.9 Å². The molecule has 0 aromatic heterocycles. The summed E-state index contributed by atoms with van der Waals surface area (Å²) in [6.07, 6.45) is 3.35. The normalized spacial score (nSPS) is 10.6. The van der Waals surface area contributed by atoms with Crippen LogP contribution in [0.3, 0.4) is 0 Å². The van der Waals surface area contributed by atoms with E-state index in [9.17, 15) is 0 Å². The maximum atomic E-state index is 5.46. The van der Waals surface area contributed by atoms with Crippen molar-refractivity contribution in [1.82, 2.24) is 0 Å². The molecule has 1 nitrogen and oxygen atoms in total. The highest BCUT2D eigenvalue weighted by Crippen LogP contribution is 2.26. The van der Waals surface area contributed by atoms with Crippen molar-refractivity contribution >= 4 is 31.9 Å². The molecule has 1 aromatic rings. The third kappa shape index (κ3) is 3.37. The van der Waals surface area contributed by atoms with Crippen LogP contribution in [0.1, 0.15) is 24.0 Å². The molecule has 0 atom stereocenters. The zero-order valence-electron chi connectivity index (χ0n) is 8.32. The maximum absolute atomic E-state index is 5.46. The first-order valence-electron chi connectivity index (χ1n) is 4.79. The van der Waals surface area contributed by atoms with Crippen LogP contribution in [0.15, 0.2) is 21.1 Å². The number of benzene rings is 1. The van der Waals surface area contributed by atoms with E-state index < -0.39 is 0 Å². The van der Waals surface area contributed by atoms with Crippen molar-refractivity contribution in [3.8, 4) is 0 Å². The van der Waals surface area contributed by atoms with Crippen molar-refractivity contribution in [3.63, 3.8) is 0 Å². The number of hydrogen-bond acceptors (Lipinski definition) is 1. The number of halogens is 2. The Morgan fingerprint density at radius 3 is 2.50 bits per heavy atom. The monoisotopic (exact) mass is 319 g/mol. The Labute approximate surface area is 102 Å². The number of unbranched alkanes of at least 4 members (excludes halogenated alkanes) is 1. The average molecular weight is 321 g/mol. The lowest BCUT2D eigenvalue weighted by atomic mass is 10.1. The van der Waals surface area contributed by atoms with E-state index in [1.165, 1.54) is 20.1 Å². The van der Waals surface area contributed by atoms with Crippen molar-refractivity contribution < 1.29 is 0 Å². The Morgan fingerprint density at radius 2 is 1.86 bits per heavy atom. The minimum atomic E-state index is 0.782. The standard InChI is InChI=1S/C11H15Br2N/c1-8-6-11(13)9(7-10(8)12)4-2-3-5-14/h6-7H,2-5,14H2,1H3. The Balaban J connectivity index is 2.72. The summed E-state index contributed by atoms with van der Waals surface area (Å²) in [5.74, 6) is 0. The molecule has 0 saturated heterocycles. The summed E-state index contributed by atoms with van der Waals surface area (Å²) in [5, 5.41) is 0. The second-order valence-corrected chi connectivity index (χ2v) is 5.15. The van der Waals surface area contributed by atoms with E-state index in [1.54, 1.807) is 0 Å². The van der Waals surface area contributed by atoms with Gasteiger partial charge >= 0.3 is 0 Å². The van der Waals surface area contributed by atoms with Crippen molar-refractivity contribution in [2.45, 2.75) is 26.2 Å². The highest BCUT2D eigenvalue weighted by Gasteiger charge is 2.03. The Bertz CT molecular complexity index is 310. The van der Waals surface area contributed by atoms with Crippen molar-refractivity contribution in [2.24, 2.45) is 5.73 Å². The van der Waals surface area contributed by atoms with Gasteiger partial charge in [-0.2, -0.15) is 0 Å². The Morgan fingerprint density at radius 1 is 1.14 bits per heavy atom. The van der Waals surface area contributed by atoms with Gasteiger partial charge in [-0.05, 0) is 56.0 Å². The SMILES string of the molecule is Cc1cc(Br)c(CCCCN)cc1Br. The molecule has 0 aliphatic rings. The van der Waals surface area contributed by atoms with Crippen LogP contribution in [-0.4, -0.2) is 6.54 Å². The molecule has 1 rings (SSSR count). The molecule has 0 amide bonds. The minimum Gasteiger partial charge on any atom is -0.330 e. The molecule has 0 bridgehead atoms. The summed E-state index contributed by atoms with van der Waals surface area (Å²) in [6, 6.07) is 4.35. The molecule has 2 N–H and O–H groups in total. The highest BCUT2D eigenvalue weighted by atomic mass is 79.9. The molecule has 0 unspecified atom stereocenters. The summed E-state index contributed by atoms with van der Waals surface area (Å²) >= 11 is 7.12. The van der Waals surface area contributed by atoms with Crippen molar-refractivity contribution in [1.29, 1.82) is 0 Å². The van der Waals surface area contributed by atoms with Gasteiger partial charge in [0, 0.05) is 8.95 Å². The maximum Gasteiger partial charge on any atom is 0.0210 e. The summed E-state index contributed by atoms with van der Waals surface area (Å²) in [7, 11) is 0. The van der Waals surface area contributed by atoms with E-state index in [4.69, 9.17) is 5.73 Å². The van der Waals surface area contributed by atoms with Gasteiger partial charge in [-0.25, -0.2) is 0 Å². The van der Waals surface area contributed by atoms with Gasteiger partial charge in [0.25, 0.3) is 0 Å². The fourth-order valence-electron chi connectivity index (χ4n) is 1.34. The molecule has 0 aliphatic heterocycles. The molecular formula is C11H15Br2N. The van der Waals surface area contributed by atoms with Gasteiger partial charge in [0.2, 0.25) is 0 Å². The van der Waals surface area contributed by atoms with Crippen LogP contribution in [0.4, 0.5) is 0 Å². The van der Waals surface area contributed by atoms with Crippen molar-refractivity contribution in [2.75, 3.05) is 6.54 Å². The van der Waals surface area contributed by atoms with E-state index in [-0.39, 0.29) is 0 Å². The third-order valence-corrected chi connectivity index (χ3v) is 3.82. The third-order valence-electron chi connectivity index (χ3n) is 2.23. The largest absolute Gasteiger partial charge is 0.330 e. The Hall–Kier alpha value is 0.140. The van der Waals surface area contributed by atoms with Gasteiger partial charge in [-0.15, -0.1) is 0 Å². The first-order chi connectivity index (χ1) is 6.65. The predicted molar refractivity (Wildman–Crippen MR) is 68.6 cm³/mol. The molecule has 78 valence electrons. The van der Waals surface area contributed by atoms with Gasteiger partial charge in [-0.3, -0.25) is 0 Å². The van der Waals surface area contributed by atoms with Crippen LogP contribution < -0.4 is 5.73 Å². The first-order valence-corrected chi connectivity index (χ1v) is 6.38. The van der Waals surface area contributed by atoms with E-state index in [0.717, 1.165) is 25.8 Å². The summed E-state index contributed by atoms with van der Waals surface area (Å²) in [6.45, 7) is 2.88. The zero-order chi connectivity index (χ0) is 10.6. The zero-order valence-corrected chi connectivity index (χ0v) is 11.5. The minimum absolute atomic E-state index is 0.782. The number of hydrogen-bond donors (Lipinski definition) is 1. The number of aryl methyl sites for hydroxylation is 2. The lowest BCUT2D eigenvalue weighted by Crippen LogP contribution is -1.99. The average Bonchev–Trinajstić information content (AvgIpc) is 2.14. The summed E-state index contributed by atoms with van der Waals surface area (Å²) in [4.78, 5) is 0. The van der Waals surface area contributed by atoms with E-state index in [2.05, 4.69) is 50.9 Å². The summed E-state index contributed by atoms with van der Waals surface area (Å²) < 4.78 is 2.39. The smallest absolute Gasteiger partial charge is 0.0210 e. The quantitative estimate of drug-likeness (QED) is 0.839. The lowest BCUT2D eigenvalue weighted by Gasteiger charge is -2.07. The molecular weight excluding hydrogens is 306 g/mol. The molecule has 0 aliphatic carbocycles. The van der Waals surface area contributed by atoms with Gasteiger partial charge in [0.05, 0.1) is 0 Å². The first kappa shape index (κ1) is 12.2. The second-order valence-electron chi connectivity index (χ2n) is 3.44. The molecule has 14 heavy (non-hydrogen) atoms. The van der Waals surface area contributed by atoms with E-state index in [1.807, 2.05) is 0 Å². The van der Waals surface area contributed by atoms with Gasteiger partial charge < -0.3 is 5.73 Å². The molecule has 0 fully saturated rings. The predicted octanol–water partition coefficient (Wildman–Crippen LogP) is 3.80. The van der Waals surface area contributed by atoms with Crippen LogP contribution in [0.2, 0.25) is 0 Å². The van der Waals surface area contributed by atoms with Crippen LogP contribution in [0.25, 0.3) is 0 Å². The molecule has 0 spiro atoms. The summed E-state index contributed by atoms with van der Waals surface area (Å²) in [5.41, 5.74) is 8.08. The fourth-order valence-corrected chi connectivity index (χ4v) is 2.39.